The smallest absolute Gasteiger partial charge is 0.243 e. The summed E-state index contributed by atoms with van der Waals surface area (Å²) in [6, 6.07) is 14.7. The summed E-state index contributed by atoms with van der Waals surface area (Å²) in [6.07, 6.45) is 5.04. The first-order valence-corrected chi connectivity index (χ1v) is 13.6. The minimum absolute atomic E-state index is 0.00285. The Bertz CT molecular complexity index is 1080. The number of carbonyl (C=O) groups is 1. The molecular formula is C26H35N3O4S. The van der Waals surface area contributed by atoms with Crippen LogP contribution in [0.3, 0.4) is 0 Å². The van der Waals surface area contributed by atoms with Crippen molar-refractivity contribution in [2.45, 2.75) is 43.5 Å². The van der Waals surface area contributed by atoms with Crippen molar-refractivity contribution < 1.29 is 17.9 Å². The van der Waals surface area contributed by atoms with E-state index >= 15 is 0 Å². The predicted octanol–water partition coefficient (Wildman–Crippen LogP) is 3.74. The van der Waals surface area contributed by atoms with Crippen molar-refractivity contribution >= 4 is 21.6 Å². The molecule has 1 unspecified atom stereocenters. The quantitative estimate of drug-likeness (QED) is 0.598. The number of nitrogens with zero attached hydrogens (tertiary/aromatic N) is 3. The average molecular weight is 486 g/mol. The van der Waals surface area contributed by atoms with Crippen molar-refractivity contribution in [1.82, 2.24) is 9.21 Å². The number of benzene rings is 2. The van der Waals surface area contributed by atoms with Crippen LogP contribution in [0.15, 0.2) is 53.4 Å². The fraction of sp³-hybridized carbons (Fsp3) is 0.500. The van der Waals surface area contributed by atoms with Gasteiger partial charge in [0.15, 0.2) is 0 Å². The molecule has 0 aromatic heterocycles. The fourth-order valence-electron chi connectivity index (χ4n) is 4.99. The molecule has 8 heteroatoms. The topological polar surface area (TPSA) is 70.2 Å². The van der Waals surface area contributed by atoms with Crippen molar-refractivity contribution in [3.8, 4) is 5.75 Å². The first kappa shape index (κ1) is 24.5. The minimum atomic E-state index is -3.66. The molecule has 2 aromatic carbocycles. The van der Waals surface area contributed by atoms with Crippen molar-refractivity contribution in [2.24, 2.45) is 5.92 Å². The van der Waals surface area contributed by atoms with Crippen molar-refractivity contribution in [1.29, 1.82) is 0 Å². The third kappa shape index (κ3) is 5.39. The van der Waals surface area contributed by atoms with Gasteiger partial charge in [-0.2, -0.15) is 4.31 Å². The van der Waals surface area contributed by atoms with Gasteiger partial charge in [-0.3, -0.25) is 4.79 Å². The average Bonchev–Trinajstić information content (AvgIpc) is 2.89. The largest absolute Gasteiger partial charge is 0.497 e. The molecule has 0 saturated carbocycles. The number of hydrogen-bond donors (Lipinski definition) is 0. The lowest BCUT2D eigenvalue weighted by Crippen LogP contribution is -2.45. The molecule has 0 spiro atoms. The molecule has 2 aliphatic rings. The van der Waals surface area contributed by atoms with Gasteiger partial charge in [0.1, 0.15) is 5.75 Å². The molecule has 0 N–H and O–H groups in total. The van der Waals surface area contributed by atoms with E-state index in [4.69, 9.17) is 4.74 Å². The van der Waals surface area contributed by atoms with E-state index in [2.05, 4.69) is 23.1 Å². The Balaban J connectivity index is 1.44. The molecule has 0 bridgehead atoms. The molecule has 2 fully saturated rings. The number of amides is 1. The van der Waals surface area contributed by atoms with Crippen LogP contribution in [-0.4, -0.2) is 63.9 Å². The highest BCUT2D eigenvalue weighted by atomic mass is 32.2. The Morgan fingerprint density at radius 2 is 1.71 bits per heavy atom. The lowest BCUT2D eigenvalue weighted by atomic mass is 9.98. The van der Waals surface area contributed by atoms with Crippen LogP contribution in [0.1, 0.15) is 37.7 Å². The van der Waals surface area contributed by atoms with Gasteiger partial charge in [0, 0.05) is 45.5 Å². The number of methoxy groups -OCH3 is 1. The highest BCUT2D eigenvalue weighted by Gasteiger charge is 2.34. The number of ether oxygens (including phenoxy) is 1. The van der Waals surface area contributed by atoms with Crippen LogP contribution in [0, 0.1) is 5.92 Å². The molecule has 1 amide bonds. The van der Waals surface area contributed by atoms with Crippen LogP contribution < -0.4 is 9.64 Å². The second-order valence-corrected chi connectivity index (χ2v) is 11.2. The Labute approximate surface area is 203 Å². The van der Waals surface area contributed by atoms with Gasteiger partial charge in [0.25, 0.3) is 0 Å². The molecule has 7 nitrogen and oxygen atoms in total. The Kier molecular flexibility index (Phi) is 7.78. The number of hydrogen-bond acceptors (Lipinski definition) is 5. The maximum atomic E-state index is 13.4. The summed E-state index contributed by atoms with van der Waals surface area (Å²) in [6.45, 7) is 3.27. The zero-order chi connectivity index (χ0) is 24.1. The molecule has 2 aliphatic heterocycles. The lowest BCUT2D eigenvalue weighted by molar-refractivity contribution is -0.135. The van der Waals surface area contributed by atoms with Gasteiger partial charge < -0.3 is 14.5 Å². The van der Waals surface area contributed by atoms with Crippen molar-refractivity contribution in [2.75, 3.05) is 45.2 Å². The third-order valence-electron chi connectivity index (χ3n) is 6.90. The molecule has 184 valence electrons. The molecular weight excluding hydrogens is 450 g/mol. The van der Waals surface area contributed by atoms with E-state index in [1.165, 1.54) is 29.3 Å². The number of rotatable bonds is 7. The second-order valence-electron chi connectivity index (χ2n) is 9.25. The Morgan fingerprint density at radius 1 is 1.00 bits per heavy atom. The molecule has 2 heterocycles. The number of anilines is 1. The molecule has 2 aromatic rings. The molecule has 0 radical (unpaired) electrons. The van der Waals surface area contributed by atoms with E-state index in [9.17, 15) is 13.2 Å². The molecule has 34 heavy (non-hydrogen) atoms. The van der Waals surface area contributed by atoms with Crippen molar-refractivity contribution in [3.05, 3.63) is 54.1 Å². The predicted molar refractivity (Wildman–Crippen MR) is 133 cm³/mol. The molecule has 1 atom stereocenters. The summed E-state index contributed by atoms with van der Waals surface area (Å²) in [5, 5.41) is 0. The number of sulfonamides is 1. The highest BCUT2D eigenvalue weighted by molar-refractivity contribution is 7.89. The summed E-state index contributed by atoms with van der Waals surface area (Å²) in [5.74, 6) is 0.272. The number of carbonyl (C=O) groups excluding carboxylic acids is 1. The molecule has 2 saturated heterocycles. The van der Waals surface area contributed by atoms with Gasteiger partial charge in [0.05, 0.1) is 17.9 Å². The zero-order valence-corrected chi connectivity index (χ0v) is 21.0. The number of para-hydroxylation sites is 1. The van der Waals surface area contributed by atoms with Gasteiger partial charge >= 0.3 is 0 Å². The van der Waals surface area contributed by atoms with Gasteiger partial charge in [-0.05, 0) is 68.0 Å². The monoisotopic (exact) mass is 485 g/mol. The van der Waals surface area contributed by atoms with Crippen LogP contribution in [0.4, 0.5) is 5.69 Å². The van der Waals surface area contributed by atoms with Gasteiger partial charge in [-0.15, -0.1) is 0 Å². The van der Waals surface area contributed by atoms with E-state index in [0.717, 1.165) is 18.7 Å². The van der Waals surface area contributed by atoms with Crippen LogP contribution in [0.25, 0.3) is 0 Å². The zero-order valence-electron chi connectivity index (χ0n) is 20.2. The summed E-state index contributed by atoms with van der Waals surface area (Å²) < 4.78 is 33.0. The summed E-state index contributed by atoms with van der Waals surface area (Å²) in [4.78, 5) is 17.8. The molecule has 4 rings (SSSR count). The standard InChI is InChI=1S/C26H35N3O4S/c1-27(19-21-9-4-5-11-25(21)28-16-6-3-7-17-28)26(30)22-10-8-18-29(20-22)34(31,32)24-14-12-23(33-2)13-15-24/h4-5,9,11-15,22H,3,6-8,10,16-20H2,1-2H3. The van der Waals surface area contributed by atoms with E-state index in [1.54, 1.807) is 36.3 Å². The van der Waals surface area contributed by atoms with E-state index in [0.29, 0.717) is 31.7 Å². The van der Waals surface area contributed by atoms with E-state index in [-0.39, 0.29) is 23.3 Å². The SMILES string of the molecule is COc1ccc(S(=O)(=O)N2CCCC(C(=O)N(C)Cc3ccccc3N3CCCCC3)C2)cc1. The maximum Gasteiger partial charge on any atom is 0.243 e. The van der Waals surface area contributed by atoms with Crippen LogP contribution in [0.2, 0.25) is 0 Å². The normalized spacial score (nSPS) is 19.6. The second kappa shape index (κ2) is 10.8. The minimum Gasteiger partial charge on any atom is -0.497 e. The first-order chi connectivity index (χ1) is 16.4. The van der Waals surface area contributed by atoms with Crippen molar-refractivity contribution in [3.63, 3.8) is 0 Å². The molecule has 0 aliphatic carbocycles. The Hall–Kier alpha value is -2.58. The highest BCUT2D eigenvalue weighted by Crippen LogP contribution is 2.28. The van der Waals surface area contributed by atoms with Gasteiger partial charge in [0.2, 0.25) is 15.9 Å². The first-order valence-electron chi connectivity index (χ1n) is 12.1. The lowest BCUT2D eigenvalue weighted by Gasteiger charge is -2.34. The summed E-state index contributed by atoms with van der Waals surface area (Å²) in [7, 11) is -0.286. The van der Waals surface area contributed by atoms with Crippen LogP contribution in [-0.2, 0) is 21.4 Å². The van der Waals surface area contributed by atoms with Gasteiger partial charge in [-0.1, -0.05) is 18.2 Å². The van der Waals surface area contributed by atoms with Crippen LogP contribution >= 0.6 is 0 Å². The third-order valence-corrected chi connectivity index (χ3v) is 8.78. The van der Waals surface area contributed by atoms with E-state index < -0.39 is 10.0 Å². The Morgan fingerprint density at radius 3 is 2.41 bits per heavy atom. The van der Waals surface area contributed by atoms with Gasteiger partial charge in [-0.25, -0.2) is 8.42 Å². The van der Waals surface area contributed by atoms with E-state index in [1.807, 2.05) is 13.1 Å². The fourth-order valence-corrected chi connectivity index (χ4v) is 6.52. The number of piperidine rings is 2. The van der Waals surface area contributed by atoms with Crippen LogP contribution in [0.5, 0.6) is 5.75 Å². The summed E-state index contributed by atoms with van der Waals surface area (Å²) in [5.41, 5.74) is 2.34. The summed E-state index contributed by atoms with van der Waals surface area (Å²) >= 11 is 0. The maximum absolute atomic E-state index is 13.4.